The predicted octanol–water partition coefficient (Wildman–Crippen LogP) is 3.25. The largest absolute Gasteiger partial charge is 0.375 e. The number of benzene rings is 1. The highest BCUT2D eigenvalue weighted by atomic mass is 32.1. The molecule has 1 amide bonds. The molecular formula is C17H22N2O2S. The maximum absolute atomic E-state index is 12.4. The number of morpholine rings is 1. The number of carbonyl (C=O) groups is 1. The third-order valence-electron chi connectivity index (χ3n) is 4.05. The molecule has 1 fully saturated rings. The van der Waals surface area contributed by atoms with E-state index in [0.29, 0.717) is 19.6 Å². The van der Waals surface area contributed by atoms with E-state index in [2.05, 4.69) is 18.0 Å². The first-order valence-electron chi connectivity index (χ1n) is 7.89. The summed E-state index contributed by atoms with van der Waals surface area (Å²) in [6, 6.07) is 8.37. The van der Waals surface area contributed by atoms with Gasteiger partial charge in [0.1, 0.15) is 0 Å². The van der Waals surface area contributed by atoms with Crippen LogP contribution in [0.4, 0.5) is 0 Å². The molecule has 1 saturated heterocycles. The lowest BCUT2D eigenvalue weighted by Gasteiger charge is -2.36. The normalized spacial score (nSPS) is 22.2. The van der Waals surface area contributed by atoms with Gasteiger partial charge in [0.25, 0.3) is 0 Å². The molecule has 0 radical (unpaired) electrons. The van der Waals surface area contributed by atoms with Crippen molar-refractivity contribution in [2.45, 2.75) is 45.3 Å². The molecule has 1 aromatic heterocycles. The first-order valence-corrected chi connectivity index (χ1v) is 8.70. The number of fused-ring (bicyclic) bond motifs is 1. The summed E-state index contributed by atoms with van der Waals surface area (Å²) in [5.74, 6) is 0.240. The third-order valence-corrected chi connectivity index (χ3v) is 5.14. The molecule has 0 saturated carbocycles. The van der Waals surface area contributed by atoms with Gasteiger partial charge in [0, 0.05) is 13.0 Å². The molecule has 22 heavy (non-hydrogen) atoms. The number of hydrogen-bond donors (Lipinski definition) is 0. The van der Waals surface area contributed by atoms with Crippen molar-refractivity contribution >= 4 is 27.5 Å². The maximum Gasteiger partial charge on any atom is 0.222 e. The van der Waals surface area contributed by atoms with E-state index in [9.17, 15) is 4.79 Å². The van der Waals surface area contributed by atoms with Crippen molar-refractivity contribution in [2.24, 2.45) is 0 Å². The second kappa shape index (κ2) is 6.75. The van der Waals surface area contributed by atoms with Crippen LogP contribution in [0.25, 0.3) is 10.2 Å². The zero-order valence-electron chi connectivity index (χ0n) is 13.1. The average Bonchev–Trinajstić information content (AvgIpc) is 2.92. The van der Waals surface area contributed by atoms with Gasteiger partial charge in [0.05, 0.1) is 34.0 Å². The van der Waals surface area contributed by atoms with Crippen LogP contribution >= 0.6 is 11.3 Å². The molecule has 5 heteroatoms. The summed E-state index contributed by atoms with van der Waals surface area (Å²) in [5.41, 5.74) is 1.06. The fourth-order valence-electron chi connectivity index (χ4n) is 2.81. The van der Waals surface area contributed by atoms with Gasteiger partial charge >= 0.3 is 0 Å². The van der Waals surface area contributed by atoms with E-state index in [0.717, 1.165) is 23.4 Å². The molecular weight excluding hydrogens is 296 g/mol. The van der Waals surface area contributed by atoms with Gasteiger partial charge in [-0.1, -0.05) is 12.1 Å². The van der Waals surface area contributed by atoms with Crippen LogP contribution in [0.5, 0.6) is 0 Å². The van der Waals surface area contributed by atoms with Crippen molar-refractivity contribution in [3.63, 3.8) is 0 Å². The maximum atomic E-state index is 12.4. The second-order valence-electron chi connectivity index (χ2n) is 5.97. The second-order valence-corrected chi connectivity index (χ2v) is 7.08. The lowest BCUT2D eigenvalue weighted by Crippen LogP contribution is -2.50. The molecule has 0 unspecified atom stereocenters. The highest BCUT2D eigenvalue weighted by Gasteiger charge is 2.26. The Labute approximate surface area is 135 Å². The Balaban J connectivity index is 1.52. The highest BCUT2D eigenvalue weighted by molar-refractivity contribution is 7.18. The molecule has 2 atom stereocenters. The van der Waals surface area contributed by atoms with E-state index >= 15 is 0 Å². The Bertz CT molecular complexity index is 622. The number of aromatic nitrogens is 1. The molecule has 4 nitrogen and oxygen atoms in total. The number of carbonyl (C=O) groups excluding carboxylic acids is 1. The summed E-state index contributed by atoms with van der Waals surface area (Å²) in [5, 5.41) is 1.12. The van der Waals surface area contributed by atoms with Crippen molar-refractivity contribution in [3.05, 3.63) is 29.3 Å². The number of ether oxygens (including phenoxy) is 1. The van der Waals surface area contributed by atoms with Crippen molar-refractivity contribution < 1.29 is 9.53 Å². The quantitative estimate of drug-likeness (QED) is 0.869. The molecule has 2 heterocycles. The Kier molecular flexibility index (Phi) is 4.74. The zero-order chi connectivity index (χ0) is 15.5. The van der Waals surface area contributed by atoms with E-state index in [1.807, 2.05) is 30.0 Å². The summed E-state index contributed by atoms with van der Waals surface area (Å²) in [7, 11) is 0. The minimum absolute atomic E-state index is 0.143. The van der Waals surface area contributed by atoms with Crippen molar-refractivity contribution in [1.29, 1.82) is 0 Å². The first kappa shape index (κ1) is 15.4. The predicted molar refractivity (Wildman–Crippen MR) is 89.1 cm³/mol. The summed E-state index contributed by atoms with van der Waals surface area (Å²) in [4.78, 5) is 19.0. The molecule has 1 aliphatic heterocycles. The van der Waals surface area contributed by atoms with Crippen LogP contribution in [0.1, 0.15) is 31.7 Å². The van der Waals surface area contributed by atoms with Gasteiger partial charge in [-0.25, -0.2) is 4.98 Å². The standard InChI is InChI=1S/C17H22N2O2S/c1-12-11-21-13(2)10-19(12)17(20)9-5-8-16-18-14-6-3-4-7-15(14)22-16/h3-4,6-7,12-13H,5,8-11H2,1-2H3/t12-,13+/m1/s1. The number of para-hydroxylation sites is 1. The molecule has 118 valence electrons. The van der Waals surface area contributed by atoms with Crippen molar-refractivity contribution in [2.75, 3.05) is 13.2 Å². The van der Waals surface area contributed by atoms with Gasteiger partial charge in [0.15, 0.2) is 0 Å². The van der Waals surface area contributed by atoms with E-state index < -0.39 is 0 Å². The van der Waals surface area contributed by atoms with Crippen LogP contribution < -0.4 is 0 Å². The Morgan fingerprint density at radius 3 is 3.05 bits per heavy atom. The molecule has 2 aromatic rings. The van der Waals surface area contributed by atoms with Gasteiger partial charge < -0.3 is 9.64 Å². The smallest absolute Gasteiger partial charge is 0.222 e. The summed E-state index contributed by atoms with van der Waals surface area (Å²) in [6.07, 6.45) is 2.47. The van der Waals surface area contributed by atoms with E-state index in [-0.39, 0.29) is 18.1 Å². The first-order chi connectivity index (χ1) is 10.6. The molecule has 0 aliphatic carbocycles. The summed E-state index contributed by atoms with van der Waals surface area (Å²) in [6.45, 7) is 5.43. The fourth-order valence-corrected chi connectivity index (χ4v) is 3.82. The number of thiazole rings is 1. The van der Waals surface area contributed by atoms with E-state index in [4.69, 9.17) is 4.74 Å². The molecule has 0 N–H and O–H groups in total. The number of rotatable bonds is 4. The molecule has 1 aromatic carbocycles. The van der Waals surface area contributed by atoms with Crippen LogP contribution in [0, 0.1) is 0 Å². The van der Waals surface area contributed by atoms with Crippen molar-refractivity contribution in [1.82, 2.24) is 9.88 Å². The fraction of sp³-hybridized carbons (Fsp3) is 0.529. The van der Waals surface area contributed by atoms with Gasteiger partial charge in [-0.15, -0.1) is 11.3 Å². The van der Waals surface area contributed by atoms with Crippen molar-refractivity contribution in [3.8, 4) is 0 Å². The van der Waals surface area contributed by atoms with Crippen LogP contribution in [0.3, 0.4) is 0 Å². The Hall–Kier alpha value is -1.46. The van der Waals surface area contributed by atoms with Crippen LogP contribution in [-0.4, -0.2) is 41.1 Å². The van der Waals surface area contributed by atoms with Gasteiger partial charge in [0.2, 0.25) is 5.91 Å². The minimum atomic E-state index is 0.143. The topological polar surface area (TPSA) is 42.4 Å². The summed E-state index contributed by atoms with van der Waals surface area (Å²) >= 11 is 1.73. The molecule has 0 spiro atoms. The number of amides is 1. The SMILES string of the molecule is C[C@@H]1CO[C@@H](C)CN1C(=O)CCCc1nc2ccccc2s1. The van der Waals surface area contributed by atoms with Crippen LogP contribution in [-0.2, 0) is 16.0 Å². The molecule has 1 aliphatic rings. The van der Waals surface area contributed by atoms with Gasteiger partial charge in [-0.2, -0.15) is 0 Å². The lowest BCUT2D eigenvalue weighted by molar-refractivity contribution is -0.143. The highest BCUT2D eigenvalue weighted by Crippen LogP contribution is 2.23. The Morgan fingerprint density at radius 2 is 2.23 bits per heavy atom. The average molecular weight is 318 g/mol. The molecule has 0 bridgehead atoms. The van der Waals surface area contributed by atoms with E-state index in [1.165, 1.54) is 4.70 Å². The molecule has 3 rings (SSSR count). The summed E-state index contributed by atoms with van der Waals surface area (Å²) < 4.78 is 6.80. The number of nitrogens with zero attached hydrogens (tertiary/aromatic N) is 2. The van der Waals surface area contributed by atoms with Gasteiger partial charge in [-0.05, 0) is 38.8 Å². The minimum Gasteiger partial charge on any atom is -0.375 e. The van der Waals surface area contributed by atoms with Gasteiger partial charge in [-0.3, -0.25) is 4.79 Å². The third kappa shape index (κ3) is 3.47. The van der Waals surface area contributed by atoms with Crippen LogP contribution in [0.15, 0.2) is 24.3 Å². The lowest BCUT2D eigenvalue weighted by atomic mass is 10.1. The number of hydrogen-bond acceptors (Lipinski definition) is 4. The van der Waals surface area contributed by atoms with E-state index in [1.54, 1.807) is 11.3 Å². The van der Waals surface area contributed by atoms with Crippen LogP contribution in [0.2, 0.25) is 0 Å². The Morgan fingerprint density at radius 1 is 1.41 bits per heavy atom. The monoisotopic (exact) mass is 318 g/mol. The zero-order valence-corrected chi connectivity index (χ0v) is 13.9. The number of aryl methyl sites for hydroxylation is 1.